The van der Waals surface area contributed by atoms with Crippen LogP contribution >= 0.6 is 7.14 Å². The van der Waals surface area contributed by atoms with Crippen LogP contribution in [0.4, 0.5) is 0 Å². The second-order valence-electron chi connectivity index (χ2n) is 8.74. The Morgan fingerprint density at radius 1 is 0.588 bits per heavy atom. The van der Waals surface area contributed by atoms with Crippen molar-refractivity contribution in [1.29, 1.82) is 0 Å². The van der Waals surface area contributed by atoms with Crippen molar-refractivity contribution in [1.82, 2.24) is 21.3 Å². The predicted octanol–water partition coefficient (Wildman–Crippen LogP) is 2.52. The van der Waals surface area contributed by atoms with Crippen LogP contribution < -0.4 is 37.2 Å². The Hall–Kier alpha value is -2.27. The Kier molecular flexibility index (Phi) is 9.49. The van der Waals surface area contributed by atoms with E-state index in [-0.39, 0.29) is 6.04 Å². The molecule has 34 heavy (non-hydrogen) atoms. The maximum absolute atomic E-state index is 15.1. The highest BCUT2D eigenvalue weighted by Gasteiger charge is 2.33. The third kappa shape index (κ3) is 6.24. The van der Waals surface area contributed by atoms with Gasteiger partial charge in [-0.2, -0.15) is 0 Å². The Morgan fingerprint density at radius 2 is 1.12 bits per heavy atom. The van der Waals surface area contributed by atoms with Gasteiger partial charge in [-0.25, -0.2) is 0 Å². The molecule has 0 bridgehead atoms. The van der Waals surface area contributed by atoms with Gasteiger partial charge in [0.2, 0.25) is 0 Å². The highest BCUT2D eigenvalue weighted by Crippen LogP contribution is 2.44. The van der Waals surface area contributed by atoms with E-state index in [1.54, 1.807) is 0 Å². The molecule has 0 aliphatic carbocycles. The maximum atomic E-state index is 15.1. The van der Waals surface area contributed by atoms with E-state index in [0.29, 0.717) is 0 Å². The molecule has 1 aliphatic heterocycles. The molecule has 180 valence electrons. The molecular weight excluding hydrogens is 439 g/mol. The highest BCUT2D eigenvalue weighted by atomic mass is 31.2. The second kappa shape index (κ2) is 13.0. The van der Waals surface area contributed by atoms with Gasteiger partial charge in [0, 0.05) is 48.1 Å². The van der Waals surface area contributed by atoms with Gasteiger partial charge in [-0.15, -0.1) is 0 Å². The van der Waals surface area contributed by atoms with E-state index in [1.807, 2.05) is 66.7 Å². The molecule has 1 saturated heterocycles. The van der Waals surface area contributed by atoms with Gasteiger partial charge in [-0.05, 0) is 38.0 Å². The van der Waals surface area contributed by atoms with Gasteiger partial charge < -0.3 is 25.8 Å². The molecule has 1 fully saturated rings. The van der Waals surface area contributed by atoms with Gasteiger partial charge in [0.25, 0.3) is 0 Å². The molecule has 6 heteroatoms. The molecule has 1 aliphatic rings. The van der Waals surface area contributed by atoms with Crippen molar-refractivity contribution >= 4 is 23.1 Å². The van der Waals surface area contributed by atoms with E-state index in [2.05, 4.69) is 39.5 Å². The molecule has 0 amide bonds. The number of hydrogen-bond donors (Lipinski definition) is 4. The van der Waals surface area contributed by atoms with Crippen molar-refractivity contribution in [2.75, 3.05) is 45.8 Å². The minimum atomic E-state index is -3.04. The van der Waals surface area contributed by atoms with Gasteiger partial charge in [0.1, 0.15) is 0 Å². The third-order valence-electron chi connectivity index (χ3n) is 6.38. The highest BCUT2D eigenvalue weighted by molar-refractivity contribution is 7.85. The van der Waals surface area contributed by atoms with Crippen molar-refractivity contribution in [3.8, 4) is 0 Å². The van der Waals surface area contributed by atoms with Gasteiger partial charge in [0.15, 0.2) is 7.14 Å². The summed E-state index contributed by atoms with van der Waals surface area (Å²) in [5, 5.41) is 17.0. The van der Waals surface area contributed by atoms with E-state index in [0.717, 1.165) is 80.1 Å². The van der Waals surface area contributed by atoms with Crippen LogP contribution in [-0.4, -0.2) is 45.8 Å². The SMILES string of the molecule is O=P(c1ccccc1)(c1ccccc1)c1ccccc1C1CCNCCNCCCNCCN1. The fourth-order valence-corrected chi connectivity index (χ4v) is 7.54. The van der Waals surface area contributed by atoms with E-state index in [9.17, 15) is 0 Å². The zero-order chi connectivity index (χ0) is 23.5. The van der Waals surface area contributed by atoms with Crippen LogP contribution in [0.25, 0.3) is 0 Å². The lowest BCUT2D eigenvalue weighted by molar-refractivity contribution is 0.462. The Morgan fingerprint density at radius 3 is 1.76 bits per heavy atom. The number of nitrogens with one attached hydrogen (secondary N) is 4. The Bertz CT molecular complexity index is 987. The number of rotatable bonds is 4. The van der Waals surface area contributed by atoms with Crippen LogP contribution in [0.5, 0.6) is 0 Å². The molecule has 1 atom stereocenters. The summed E-state index contributed by atoms with van der Waals surface area (Å²) in [6, 6.07) is 28.3. The molecule has 5 nitrogen and oxygen atoms in total. The van der Waals surface area contributed by atoms with Crippen molar-refractivity contribution in [2.24, 2.45) is 0 Å². The Labute approximate surface area is 204 Å². The summed E-state index contributed by atoms with van der Waals surface area (Å²) in [4.78, 5) is 0. The molecule has 0 radical (unpaired) electrons. The average Bonchev–Trinajstić information content (AvgIpc) is 2.90. The first-order valence-corrected chi connectivity index (χ1v) is 14.2. The first kappa shape index (κ1) is 24.8. The summed E-state index contributed by atoms with van der Waals surface area (Å²) in [6.07, 6.45) is 2.06. The standard InChI is InChI=1S/C28H37N4OP/c33-34(24-10-3-1-4-11-24,25-12-5-2-6-13-25)28-15-8-7-14-26(28)27-16-19-31-21-20-29-17-9-18-30-22-23-32-27/h1-8,10-15,27,29-32H,9,16-23H2. The van der Waals surface area contributed by atoms with Crippen LogP contribution in [-0.2, 0) is 4.57 Å². The van der Waals surface area contributed by atoms with E-state index in [1.165, 1.54) is 0 Å². The fourth-order valence-electron chi connectivity index (χ4n) is 4.61. The molecule has 1 heterocycles. The molecule has 3 aromatic carbocycles. The lowest BCUT2D eigenvalue weighted by Gasteiger charge is -2.27. The number of benzene rings is 3. The number of hydrogen-bond acceptors (Lipinski definition) is 5. The predicted molar refractivity (Wildman–Crippen MR) is 144 cm³/mol. The molecule has 0 aromatic heterocycles. The van der Waals surface area contributed by atoms with Crippen LogP contribution in [0.3, 0.4) is 0 Å². The topological polar surface area (TPSA) is 65.2 Å². The smallest absolute Gasteiger partial charge is 0.171 e. The molecule has 1 unspecified atom stereocenters. The largest absolute Gasteiger partial charge is 0.315 e. The van der Waals surface area contributed by atoms with E-state index >= 15 is 4.57 Å². The average molecular weight is 477 g/mol. The summed E-state index contributed by atoms with van der Waals surface area (Å²) in [6.45, 7) is 6.68. The molecule has 0 spiro atoms. The second-order valence-corrected chi connectivity index (χ2v) is 11.5. The van der Waals surface area contributed by atoms with Crippen molar-refractivity contribution in [3.63, 3.8) is 0 Å². The molecule has 0 saturated carbocycles. The monoisotopic (exact) mass is 476 g/mol. The van der Waals surface area contributed by atoms with Crippen LogP contribution in [0, 0.1) is 0 Å². The first-order valence-electron chi connectivity index (χ1n) is 12.5. The maximum Gasteiger partial charge on any atom is 0.171 e. The summed E-state index contributed by atoms with van der Waals surface area (Å²) in [5.41, 5.74) is 1.13. The summed E-state index contributed by atoms with van der Waals surface area (Å²) >= 11 is 0. The van der Waals surface area contributed by atoms with Crippen LogP contribution in [0.15, 0.2) is 84.9 Å². The van der Waals surface area contributed by atoms with Crippen molar-refractivity contribution in [3.05, 3.63) is 90.5 Å². The Balaban J connectivity index is 1.70. The third-order valence-corrected chi connectivity index (χ3v) is 9.52. The van der Waals surface area contributed by atoms with Gasteiger partial charge in [-0.3, -0.25) is 0 Å². The summed E-state index contributed by atoms with van der Waals surface area (Å²) in [7, 11) is -3.04. The minimum absolute atomic E-state index is 0.113. The molecular formula is C28H37N4OP. The normalized spacial score (nSPS) is 19.2. The molecule has 4 rings (SSSR count). The summed E-state index contributed by atoms with van der Waals surface area (Å²) < 4.78 is 15.1. The van der Waals surface area contributed by atoms with Crippen molar-refractivity contribution in [2.45, 2.75) is 18.9 Å². The van der Waals surface area contributed by atoms with Gasteiger partial charge in [-0.1, -0.05) is 84.9 Å². The van der Waals surface area contributed by atoms with E-state index in [4.69, 9.17) is 0 Å². The van der Waals surface area contributed by atoms with E-state index < -0.39 is 7.14 Å². The van der Waals surface area contributed by atoms with Gasteiger partial charge in [0.05, 0.1) is 0 Å². The van der Waals surface area contributed by atoms with Crippen molar-refractivity contribution < 1.29 is 4.57 Å². The van der Waals surface area contributed by atoms with Crippen LogP contribution in [0.1, 0.15) is 24.4 Å². The zero-order valence-electron chi connectivity index (χ0n) is 19.9. The minimum Gasteiger partial charge on any atom is -0.315 e. The quantitative estimate of drug-likeness (QED) is 0.436. The fraction of sp³-hybridized carbons (Fsp3) is 0.357. The first-order chi connectivity index (χ1) is 16.8. The lowest BCUT2D eigenvalue weighted by Crippen LogP contribution is -2.38. The lowest BCUT2D eigenvalue weighted by atomic mass is 10.0. The summed E-state index contributed by atoms with van der Waals surface area (Å²) in [5.74, 6) is 0. The molecule has 3 aromatic rings. The van der Waals surface area contributed by atoms with Crippen LogP contribution in [0.2, 0.25) is 0 Å². The molecule has 4 N–H and O–H groups in total. The zero-order valence-corrected chi connectivity index (χ0v) is 20.8. The van der Waals surface area contributed by atoms with Gasteiger partial charge >= 0.3 is 0 Å².